The molecule has 0 N–H and O–H groups in total. The minimum absolute atomic E-state index is 0.152. The van der Waals surface area contributed by atoms with E-state index >= 15 is 0 Å². The van der Waals surface area contributed by atoms with Crippen LogP contribution in [0.2, 0.25) is 0 Å². The van der Waals surface area contributed by atoms with Gasteiger partial charge in [-0.1, -0.05) is 5.16 Å². The Hall–Kier alpha value is -2.15. The van der Waals surface area contributed by atoms with Crippen LogP contribution in [0.4, 0.5) is 0 Å². The molecule has 0 atom stereocenters. The maximum absolute atomic E-state index is 11.4. The number of methoxy groups -OCH3 is 1. The number of hydrogen-bond acceptors (Lipinski definition) is 7. The lowest BCUT2D eigenvalue weighted by molar-refractivity contribution is -0.142. The van der Waals surface area contributed by atoms with Crippen molar-refractivity contribution in [1.82, 2.24) is 15.0 Å². The van der Waals surface area contributed by atoms with E-state index in [2.05, 4.69) is 14.9 Å². The van der Waals surface area contributed by atoms with E-state index < -0.39 is 0 Å². The van der Waals surface area contributed by atoms with Crippen molar-refractivity contribution in [2.24, 2.45) is 0 Å². The zero-order chi connectivity index (χ0) is 14.5. The fourth-order valence-corrected chi connectivity index (χ4v) is 1.65. The zero-order valence-electron chi connectivity index (χ0n) is 11.7. The predicted octanol–water partition coefficient (Wildman–Crippen LogP) is 1.71. The van der Waals surface area contributed by atoms with Gasteiger partial charge in [0.2, 0.25) is 0 Å². The highest BCUT2D eigenvalue weighted by Crippen LogP contribution is 2.17. The first-order valence-corrected chi connectivity index (χ1v) is 6.27. The molecule has 0 amide bonds. The third-order valence-corrected chi connectivity index (χ3v) is 2.83. The Kier molecular flexibility index (Phi) is 4.52. The molecule has 2 heterocycles. The molecule has 0 aliphatic heterocycles. The molecular formula is C13H17N3O4. The average Bonchev–Trinajstić information content (AvgIpc) is 3.08. The molecule has 20 heavy (non-hydrogen) atoms. The number of carbonyl (C=O) groups excluding carboxylic acids is 1. The molecule has 0 bridgehead atoms. The van der Waals surface area contributed by atoms with Crippen molar-refractivity contribution in [3.63, 3.8) is 0 Å². The molecule has 0 fully saturated rings. The van der Waals surface area contributed by atoms with E-state index in [1.807, 2.05) is 18.7 Å². The van der Waals surface area contributed by atoms with E-state index in [4.69, 9.17) is 8.94 Å². The zero-order valence-corrected chi connectivity index (χ0v) is 11.7. The second-order valence-electron chi connectivity index (χ2n) is 4.57. The number of nitrogens with zero attached hydrogens (tertiary/aromatic N) is 3. The largest absolute Gasteiger partial charge is 0.468 e. The summed E-state index contributed by atoms with van der Waals surface area (Å²) in [6, 6.07) is 3.64. The molecule has 0 radical (unpaired) electrons. The Balaban J connectivity index is 2.05. The van der Waals surface area contributed by atoms with Gasteiger partial charge in [-0.2, -0.15) is 4.98 Å². The fraction of sp³-hybridized carbons (Fsp3) is 0.462. The van der Waals surface area contributed by atoms with Crippen LogP contribution in [-0.2, 0) is 16.1 Å². The van der Waals surface area contributed by atoms with E-state index in [0.717, 1.165) is 0 Å². The van der Waals surface area contributed by atoms with Crippen LogP contribution in [-0.4, -0.2) is 40.7 Å². The normalized spacial score (nSPS) is 11.2. The third kappa shape index (κ3) is 3.45. The second-order valence-corrected chi connectivity index (χ2v) is 4.57. The van der Waals surface area contributed by atoms with E-state index in [-0.39, 0.29) is 18.6 Å². The maximum atomic E-state index is 11.4. The molecule has 0 aliphatic rings. The summed E-state index contributed by atoms with van der Waals surface area (Å²) in [7, 11) is 1.37. The van der Waals surface area contributed by atoms with Crippen molar-refractivity contribution < 1.29 is 18.5 Å². The highest BCUT2D eigenvalue weighted by molar-refractivity contribution is 5.71. The van der Waals surface area contributed by atoms with Gasteiger partial charge in [0.05, 0.1) is 26.5 Å². The van der Waals surface area contributed by atoms with E-state index in [1.165, 1.54) is 13.4 Å². The fourth-order valence-electron chi connectivity index (χ4n) is 1.65. The van der Waals surface area contributed by atoms with Gasteiger partial charge < -0.3 is 13.7 Å². The van der Waals surface area contributed by atoms with Gasteiger partial charge in [0.1, 0.15) is 0 Å². The summed E-state index contributed by atoms with van der Waals surface area (Å²) < 4.78 is 15.0. The summed E-state index contributed by atoms with van der Waals surface area (Å²) in [5.41, 5.74) is 0. The van der Waals surface area contributed by atoms with E-state index in [9.17, 15) is 4.79 Å². The van der Waals surface area contributed by atoms with Crippen molar-refractivity contribution >= 4 is 5.97 Å². The summed E-state index contributed by atoms with van der Waals surface area (Å²) in [6.45, 7) is 4.54. The third-order valence-electron chi connectivity index (χ3n) is 2.83. The molecule has 0 saturated carbocycles. The Morgan fingerprint density at radius 1 is 1.50 bits per heavy atom. The van der Waals surface area contributed by atoms with Crippen LogP contribution in [0.15, 0.2) is 27.3 Å². The number of carbonyl (C=O) groups is 1. The number of aromatic nitrogens is 2. The molecule has 2 aromatic rings. The number of esters is 1. The predicted molar refractivity (Wildman–Crippen MR) is 69.6 cm³/mol. The van der Waals surface area contributed by atoms with Gasteiger partial charge >= 0.3 is 5.97 Å². The van der Waals surface area contributed by atoms with Crippen LogP contribution in [0.3, 0.4) is 0 Å². The van der Waals surface area contributed by atoms with Crippen molar-refractivity contribution in [2.45, 2.75) is 26.4 Å². The lowest BCUT2D eigenvalue weighted by atomic mass is 10.3. The molecule has 0 spiro atoms. The van der Waals surface area contributed by atoms with Crippen molar-refractivity contribution in [3.05, 3.63) is 24.2 Å². The topological polar surface area (TPSA) is 81.6 Å². The van der Waals surface area contributed by atoms with Gasteiger partial charge in [-0.05, 0) is 26.0 Å². The van der Waals surface area contributed by atoms with Gasteiger partial charge in [0.15, 0.2) is 11.6 Å². The summed E-state index contributed by atoms with van der Waals surface area (Å²) in [5, 5.41) is 3.89. The van der Waals surface area contributed by atoms with Gasteiger partial charge in [0, 0.05) is 6.04 Å². The van der Waals surface area contributed by atoms with Crippen LogP contribution < -0.4 is 0 Å². The monoisotopic (exact) mass is 279 g/mol. The first-order chi connectivity index (χ1) is 9.60. The molecule has 0 aliphatic carbocycles. The summed E-state index contributed by atoms with van der Waals surface area (Å²) in [5.74, 6) is 1.04. The SMILES string of the molecule is COC(=O)CN(Cc1noc(-c2ccco2)n1)C(C)C. The molecule has 0 unspecified atom stereocenters. The first-order valence-electron chi connectivity index (χ1n) is 6.27. The summed E-state index contributed by atoms with van der Waals surface area (Å²) >= 11 is 0. The minimum atomic E-state index is -0.298. The molecular weight excluding hydrogens is 262 g/mol. The standard InChI is InChI=1S/C13H17N3O4/c1-9(2)16(8-12(17)18-3)7-11-14-13(20-15-11)10-5-4-6-19-10/h4-6,9H,7-8H2,1-3H3. The summed E-state index contributed by atoms with van der Waals surface area (Å²) in [6.07, 6.45) is 1.54. The lowest BCUT2D eigenvalue weighted by Gasteiger charge is -2.23. The van der Waals surface area contributed by atoms with Crippen LogP contribution in [0, 0.1) is 0 Å². The van der Waals surface area contributed by atoms with Gasteiger partial charge in [-0.15, -0.1) is 0 Å². The first kappa shape index (κ1) is 14.3. The maximum Gasteiger partial charge on any atom is 0.319 e. The van der Waals surface area contributed by atoms with Crippen LogP contribution in [0.25, 0.3) is 11.7 Å². The van der Waals surface area contributed by atoms with Crippen molar-refractivity contribution in [3.8, 4) is 11.7 Å². The van der Waals surface area contributed by atoms with Gasteiger partial charge in [-0.25, -0.2) is 0 Å². The number of furan rings is 1. The molecule has 2 aromatic heterocycles. The molecule has 0 saturated heterocycles. The quantitative estimate of drug-likeness (QED) is 0.744. The summed E-state index contributed by atoms with van der Waals surface area (Å²) in [4.78, 5) is 17.5. The van der Waals surface area contributed by atoms with Crippen molar-refractivity contribution in [2.75, 3.05) is 13.7 Å². The van der Waals surface area contributed by atoms with E-state index in [0.29, 0.717) is 24.0 Å². The lowest BCUT2D eigenvalue weighted by Crippen LogP contribution is -2.36. The molecule has 0 aromatic carbocycles. The van der Waals surface area contributed by atoms with Gasteiger partial charge in [-0.3, -0.25) is 9.69 Å². The Bertz CT molecular complexity index is 548. The molecule has 2 rings (SSSR count). The van der Waals surface area contributed by atoms with Gasteiger partial charge in [0.25, 0.3) is 5.89 Å². The number of hydrogen-bond donors (Lipinski definition) is 0. The van der Waals surface area contributed by atoms with Crippen LogP contribution >= 0.6 is 0 Å². The Morgan fingerprint density at radius 2 is 2.30 bits per heavy atom. The highest BCUT2D eigenvalue weighted by Gasteiger charge is 2.18. The number of ether oxygens (including phenoxy) is 1. The second kappa shape index (κ2) is 6.33. The molecule has 7 nitrogen and oxygen atoms in total. The average molecular weight is 279 g/mol. The van der Waals surface area contributed by atoms with Crippen LogP contribution in [0.1, 0.15) is 19.7 Å². The minimum Gasteiger partial charge on any atom is -0.468 e. The Labute approximate surface area is 116 Å². The highest BCUT2D eigenvalue weighted by atomic mass is 16.5. The van der Waals surface area contributed by atoms with E-state index in [1.54, 1.807) is 12.1 Å². The smallest absolute Gasteiger partial charge is 0.319 e. The van der Waals surface area contributed by atoms with Crippen LogP contribution in [0.5, 0.6) is 0 Å². The van der Waals surface area contributed by atoms with Crippen molar-refractivity contribution in [1.29, 1.82) is 0 Å². The Morgan fingerprint density at radius 3 is 2.90 bits per heavy atom. The molecule has 108 valence electrons. The number of rotatable bonds is 6. The molecule has 7 heteroatoms.